The van der Waals surface area contributed by atoms with Gasteiger partial charge in [0.25, 0.3) is 0 Å². The maximum atomic E-state index is 13.2. The number of rotatable bonds is 3. The molecule has 2 aromatic heterocycles. The molecule has 0 unspecified atom stereocenters. The Hall–Kier alpha value is -2.04. The molecule has 3 heterocycles. The molecule has 0 aromatic carbocycles. The molecule has 0 spiro atoms. The summed E-state index contributed by atoms with van der Waals surface area (Å²) in [5.74, 6) is 1.71. The van der Waals surface area contributed by atoms with Crippen molar-refractivity contribution < 1.29 is 9.21 Å². The lowest BCUT2D eigenvalue weighted by Gasteiger charge is -2.28. The number of nitrogens with zero attached hydrogens (tertiary/aromatic N) is 3. The van der Waals surface area contributed by atoms with E-state index >= 15 is 0 Å². The number of aryl methyl sites for hydroxylation is 4. The van der Waals surface area contributed by atoms with Crippen molar-refractivity contribution in [3.05, 3.63) is 40.1 Å². The quantitative estimate of drug-likeness (QED) is 0.862. The second kappa shape index (κ2) is 6.11. The molecule has 130 valence electrons. The molecule has 1 fully saturated rings. The van der Waals surface area contributed by atoms with E-state index in [9.17, 15) is 4.79 Å². The fraction of sp³-hybridized carbons (Fsp3) is 0.579. The van der Waals surface area contributed by atoms with Gasteiger partial charge in [0.2, 0.25) is 5.91 Å². The van der Waals surface area contributed by atoms with Crippen molar-refractivity contribution in [2.45, 2.75) is 59.4 Å². The predicted molar refractivity (Wildman–Crippen MR) is 93.0 cm³/mol. The lowest BCUT2D eigenvalue weighted by atomic mass is 9.97. The van der Waals surface area contributed by atoms with E-state index in [0.717, 1.165) is 47.9 Å². The summed E-state index contributed by atoms with van der Waals surface area (Å²) in [6.07, 6.45) is 2.05. The molecule has 5 heteroatoms. The average molecular weight is 329 g/mol. The third-order valence-corrected chi connectivity index (χ3v) is 5.35. The maximum absolute atomic E-state index is 13.2. The molecule has 0 aliphatic carbocycles. The number of amides is 1. The summed E-state index contributed by atoms with van der Waals surface area (Å²) < 4.78 is 7.53. The molecule has 2 aromatic rings. The first kappa shape index (κ1) is 16.8. The minimum atomic E-state index is -0.180. The first-order valence-electron chi connectivity index (χ1n) is 8.68. The Labute approximate surface area is 143 Å². The first-order valence-corrected chi connectivity index (χ1v) is 8.68. The average Bonchev–Trinajstić information content (AvgIpc) is 3.17. The molecule has 1 aliphatic heterocycles. The predicted octanol–water partition coefficient (Wildman–Crippen LogP) is 3.71. The van der Waals surface area contributed by atoms with Crippen LogP contribution < -0.4 is 0 Å². The van der Waals surface area contributed by atoms with E-state index in [1.165, 1.54) is 5.56 Å². The lowest BCUT2D eigenvalue weighted by molar-refractivity contribution is -0.133. The SMILES string of the molecule is Cc1cc([C@H](C)C(=O)N2CCC[C@@H]2c2c(C)nn(C)c2C)c(C)o1. The molecule has 1 amide bonds. The molecule has 3 rings (SSSR count). The Morgan fingerprint density at radius 2 is 2.04 bits per heavy atom. The topological polar surface area (TPSA) is 51.3 Å². The number of carbonyl (C=O) groups excluding carboxylic acids is 1. The van der Waals surface area contributed by atoms with Crippen molar-refractivity contribution in [1.82, 2.24) is 14.7 Å². The largest absolute Gasteiger partial charge is 0.466 e. The molecule has 0 saturated carbocycles. The first-order chi connectivity index (χ1) is 11.3. The zero-order valence-corrected chi connectivity index (χ0v) is 15.5. The highest BCUT2D eigenvalue weighted by atomic mass is 16.3. The molecule has 0 radical (unpaired) electrons. The number of furan rings is 1. The highest BCUT2D eigenvalue weighted by molar-refractivity contribution is 5.84. The van der Waals surface area contributed by atoms with Crippen LogP contribution in [0.4, 0.5) is 0 Å². The number of hydrogen-bond donors (Lipinski definition) is 0. The number of likely N-dealkylation sites (tertiary alicyclic amines) is 1. The molecule has 0 N–H and O–H groups in total. The van der Waals surface area contributed by atoms with Crippen molar-refractivity contribution in [3.8, 4) is 0 Å². The Balaban J connectivity index is 1.90. The smallest absolute Gasteiger partial charge is 0.230 e. The highest BCUT2D eigenvalue weighted by Crippen LogP contribution is 2.38. The second-order valence-electron chi connectivity index (χ2n) is 6.99. The van der Waals surface area contributed by atoms with Crippen LogP contribution in [0.25, 0.3) is 0 Å². The summed E-state index contributed by atoms with van der Waals surface area (Å²) in [6, 6.07) is 2.13. The lowest BCUT2D eigenvalue weighted by Crippen LogP contribution is -2.34. The standard InChI is InChI=1S/C19H27N3O2/c1-11-10-16(15(5)24-11)12(2)19(23)22-9-7-8-17(22)18-13(3)20-21(6)14(18)4/h10,12,17H,7-9H2,1-6H3/t12-,17+/m0/s1. The number of hydrogen-bond acceptors (Lipinski definition) is 3. The molecular weight excluding hydrogens is 302 g/mol. The van der Waals surface area contributed by atoms with Crippen LogP contribution in [0.3, 0.4) is 0 Å². The highest BCUT2D eigenvalue weighted by Gasteiger charge is 2.36. The van der Waals surface area contributed by atoms with E-state index < -0.39 is 0 Å². The van der Waals surface area contributed by atoms with Gasteiger partial charge in [-0.2, -0.15) is 5.10 Å². The van der Waals surface area contributed by atoms with Crippen LogP contribution in [-0.2, 0) is 11.8 Å². The summed E-state index contributed by atoms with van der Waals surface area (Å²) in [4.78, 5) is 15.2. The van der Waals surface area contributed by atoms with Gasteiger partial charge in [0.1, 0.15) is 11.5 Å². The normalized spacial score (nSPS) is 19.1. The zero-order valence-electron chi connectivity index (χ0n) is 15.5. The monoisotopic (exact) mass is 329 g/mol. The van der Waals surface area contributed by atoms with E-state index in [2.05, 4.69) is 12.0 Å². The van der Waals surface area contributed by atoms with Gasteiger partial charge >= 0.3 is 0 Å². The van der Waals surface area contributed by atoms with Gasteiger partial charge in [0, 0.05) is 30.4 Å². The van der Waals surface area contributed by atoms with Crippen LogP contribution in [0.2, 0.25) is 0 Å². The Morgan fingerprint density at radius 3 is 2.58 bits per heavy atom. The maximum Gasteiger partial charge on any atom is 0.230 e. The summed E-state index contributed by atoms with van der Waals surface area (Å²) in [5, 5.41) is 4.53. The minimum absolute atomic E-state index is 0.141. The summed E-state index contributed by atoms with van der Waals surface area (Å²) in [5.41, 5.74) is 4.40. The summed E-state index contributed by atoms with van der Waals surface area (Å²) >= 11 is 0. The Morgan fingerprint density at radius 1 is 1.33 bits per heavy atom. The molecule has 24 heavy (non-hydrogen) atoms. The van der Waals surface area contributed by atoms with Gasteiger partial charge in [-0.05, 0) is 53.5 Å². The van der Waals surface area contributed by atoms with E-state index in [-0.39, 0.29) is 17.9 Å². The second-order valence-corrected chi connectivity index (χ2v) is 6.99. The fourth-order valence-corrected chi connectivity index (χ4v) is 4.06. The molecule has 2 atom stereocenters. The van der Waals surface area contributed by atoms with Gasteiger partial charge in [-0.15, -0.1) is 0 Å². The molecule has 1 saturated heterocycles. The minimum Gasteiger partial charge on any atom is -0.466 e. The third-order valence-electron chi connectivity index (χ3n) is 5.35. The van der Waals surface area contributed by atoms with Gasteiger partial charge in [-0.25, -0.2) is 0 Å². The molecular formula is C19H27N3O2. The van der Waals surface area contributed by atoms with Gasteiger partial charge in [0.05, 0.1) is 17.7 Å². The molecule has 1 aliphatic rings. The van der Waals surface area contributed by atoms with Crippen LogP contribution in [0, 0.1) is 27.7 Å². The van der Waals surface area contributed by atoms with Gasteiger partial charge in [-0.3, -0.25) is 9.48 Å². The summed E-state index contributed by atoms with van der Waals surface area (Å²) in [7, 11) is 1.97. The van der Waals surface area contributed by atoms with Crippen LogP contribution in [0.1, 0.15) is 65.8 Å². The Bertz CT molecular complexity index is 772. The van der Waals surface area contributed by atoms with Gasteiger partial charge in [-0.1, -0.05) is 0 Å². The number of carbonyl (C=O) groups is 1. The van der Waals surface area contributed by atoms with E-state index in [0.29, 0.717) is 0 Å². The van der Waals surface area contributed by atoms with Crippen molar-refractivity contribution >= 4 is 5.91 Å². The van der Waals surface area contributed by atoms with Gasteiger partial charge < -0.3 is 9.32 Å². The van der Waals surface area contributed by atoms with E-state index in [1.54, 1.807) is 0 Å². The van der Waals surface area contributed by atoms with Crippen LogP contribution in [0.5, 0.6) is 0 Å². The summed E-state index contributed by atoms with van der Waals surface area (Å²) in [6.45, 7) is 10.8. The van der Waals surface area contributed by atoms with Crippen molar-refractivity contribution in [2.24, 2.45) is 7.05 Å². The van der Waals surface area contributed by atoms with Crippen LogP contribution in [0.15, 0.2) is 10.5 Å². The molecule has 5 nitrogen and oxygen atoms in total. The van der Waals surface area contributed by atoms with Gasteiger partial charge in [0.15, 0.2) is 0 Å². The van der Waals surface area contributed by atoms with Crippen LogP contribution in [-0.4, -0.2) is 27.1 Å². The van der Waals surface area contributed by atoms with E-state index in [4.69, 9.17) is 4.42 Å². The third kappa shape index (κ3) is 2.66. The van der Waals surface area contributed by atoms with Crippen LogP contribution >= 0.6 is 0 Å². The fourth-order valence-electron chi connectivity index (χ4n) is 4.06. The van der Waals surface area contributed by atoms with Crippen molar-refractivity contribution in [2.75, 3.05) is 6.54 Å². The van der Waals surface area contributed by atoms with Crippen molar-refractivity contribution in [3.63, 3.8) is 0 Å². The molecule has 0 bridgehead atoms. The Kier molecular flexibility index (Phi) is 4.28. The number of aromatic nitrogens is 2. The zero-order chi connectivity index (χ0) is 17.6. The van der Waals surface area contributed by atoms with E-state index in [1.807, 2.05) is 50.4 Å². The van der Waals surface area contributed by atoms with Crippen molar-refractivity contribution in [1.29, 1.82) is 0 Å².